The molecule has 10 heteroatoms. The van der Waals surface area contributed by atoms with Crippen molar-refractivity contribution in [3.05, 3.63) is 72.2 Å². The minimum atomic E-state index is -0.954. The normalized spacial score (nSPS) is 10.7. The van der Waals surface area contributed by atoms with Gasteiger partial charge in [0.1, 0.15) is 11.6 Å². The van der Waals surface area contributed by atoms with Gasteiger partial charge in [0, 0.05) is 23.3 Å². The van der Waals surface area contributed by atoms with Crippen LogP contribution in [0.2, 0.25) is 0 Å². The standard InChI is InChI=1S/C23H21N7O3/c1-13-16(9-26-11-18(13)24)19-7-15-8-20(27-10-17(15)21(25)28-19)29-22(31)23(32)30-33-12-14-5-3-2-4-6-14/h2-11H,12,24H2,1H3,(H2,25,28)(H,30,32)(H,27,29,31). The third kappa shape index (κ3) is 4.86. The molecule has 0 saturated heterocycles. The quantitative estimate of drug-likeness (QED) is 0.270. The van der Waals surface area contributed by atoms with Crippen LogP contribution in [-0.4, -0.2) is 26.8 Å². The average molecular weight is 443 g/mol. The van der Waals surface area contributed by atoms with Crippen molar-refractivity contribution in [3.63, 3.8) is 0 Å². The maximum absolute atomic E-state index is 12.2. The van der Waals surface area contributed by atoms with Crippen LogP contribution in [0.15, 0.2) is 61.1 Å². The number of benzene rings is 1. The molecule has 0 radical (unpaired) electrons. The molecule has 0 aliphatic rings. The Morgan fingerprint density at radius 1 is 1.03 bits per heavy atom. The van der Waals surface area contributed by atoms with Crippen LogP contribution in [0.1, 0.15) is 11.1 Å². The van der Waals surface area contributed by atoms with Gasteiger partial charge >= 0.3 is 11.8 Å². The molecule has 0 unspecified atom stereocenters. The number of pyridine rings is 3. The van der Waals surface area contributed by atoms with Gasteiger partial charge in [0.2, 0.25) is 0 Å². The molecule has 10 nitrogen and oxygen atoms in total. The molecule has 3 heterocycles. The lowest BCUT2D eigenvalue weighted by Gasteiger charge is -2.11. The summed E-state index contributed by atoms with van der Waals surface area (Å²) in [6.07, 6.45) is 4.70. The van der Waals surface area contributed by atoms with E-state index in [4.69, 9.17) is 16.3 Å². The van der Waals surface area contributed by atoms with Crippen molar-refractivity contribution in [1.29, 1.82) is 0 Å². The SMILES string of the molecule is Cc1c(N)cncc1-c1cc2cc(NC(=O)C(=O)NOCc3ccccc3)ncc2c(N)n1. The number of nitrogens with one attached hydrogen (secondary N) is 2. The van der Waals surface area contributed by atoms with E-state index in [9.17, 15) is 9.59 Å². The van der Waals surface area contributed by atoms with Crippen LogP contribution in [0, 0.1) is 6.92 Å². The average Bonchev–Trinajstić information content (AvgIpc) is 2.81. The van der Waals surface area contributed by atoms with Crippen molar-refractivity contribution in [2.75, 3.05) is 16.8 Å². The highest BCUT2D eigenvalue weighted by Crippen LogP contribution is 2.30. The number of anilines is 3. The lowest BCUT2D eigenvalue weighted by molar-refractivity contribution is -0.145. The van der Waals surface area contributed by atoms with Crippen LogP contribution < -0.4 is 22.3 Å². The Labute approximate surface area is 189 Å². The number of rotatable bonds is 5. The van der Waals surface area contributed by atoms with E-state index in [1.807, 2.05) is 37.3 Å². The summed E-state index contributed by atoms with van der Waals surface area (Å²) in [5.41, 5.74) is 17.7. The third-order valence-corrected chi connectivity index (χ3v) is 4.97. The second-order valence-electron chi connectivity index (χ2n) is 7.24. The van der Waals surface area contributed by atoms with Gasteiger partial charge in [-0.05, 0) is 35.6 Å². The first-order chi connectivity index (χ1) is 15.9. The number of carbonyl (C=O) groups excluding carboxylic acids is 2. The van der Waals surface area contributed by atoms with Crippen LogP contribution in [0.25, 0.3) is 22.0 Å². The predicted octanol–water partition coefficient (Wildman–Crippen LogP) is 2.35. The van der Waals surface area contributed by atoms with Gasteiger partial charge in [-0.2, -0.15) is 0 Å². The van der Waals surface area contributed by atoms with Gasteiger partial charge in [-0.15, -0.1) is 0 Å². The van der Waals surface area contributed by atoms with Crippen LogP contribution in [0.5, 0.6) is 0 Å². The lowest BCUT2D eigenvalue weighted by atomic mass is 10.0. The molecule has 3 aromatic heterocycles. The molecule has 33 heavy (non-hydrogen) atoms. The molecule has 4 aromatic rings. The maximum atomic E-state index is 12.2. The third-order valence-electron chi connectivity index (χ3n) is 4.97. The summed E-state index contributed by atoms with van der Waals surface area (Å²) in [4.78, 5) is 42.0. The second kappa shape index (κ2) is 9.28. The molecule has 2 amide bonds. The van der Waals surface area contributed by atoms with Crippen molar-refractivity contribution >= 4 is 39.9 Å². The van der Waals surface area contributed by atoms with Gasteiger partial charge < -0.3 is 16.8 Å². The molecule has 4 rings (SSSR count). The predicted molar refractivity (Wildman–Crippen MR) is 124 cm³/mol. The van der Waals surface area contributed by atoms with Crippen LogP contribution in [-0.2, 0) is 21.0 Å². The fraction of sp³-hybridized carbons (Fsp3) is 0.0870. The highest BCUT2D eigenvalue weighted by Gasteiger charge is 2.16. The van der Waals surface area contributed by atoms with Crippen LogP contribution >= 0.6 is 0 Å². The highest BCUT2D eigenvalue weighted by molar-refractivity contribution is 6.39. The van der Waals surface area contributed by atoms with E-state index in [0.717, 1.165) is 16.7 Å². The number of aromatic nitrogens is 3. The number of hydrogen-bond acceptors (Lipinski definition) is 8. The minimum Gasteiger partial charge on any atom is -0.397 e. The van der Waals surface area contributed by atoms with E-state index in [1.54, 1.807) is 24.5 Å². The summed E-state index contributed by atoms with van der Waals surface area (Å²) in [6.45, 7) is 1.99. The Kier molecular flexibility index (Phi) is 6.09. The first-order valence-corrected chi connectivity index (χ1v) is 9.96. The largest absolute Gasteiger partial charge is 0.397 e. The van der Waals surface area contributed by atoms with E-state index >= 15 is 0 Å². The van der Waals surface area contributed by atoms with Crippen molar-refractivity contribution in [2.24, 2.45) is 0 Å². The zero-order valence-electron chi connectivity index (χ0n) is 17.7. The van der Waals surface area contributed by atoms with E-state index in [2.05, 4.69) is 25.7 Å². The highest BCUT2D eigenvalue weighted by atomic mass is 16.7. The van der Waals surface area contributed by atoms with Crippen molar-refractivity contribution < 1.29 is 14.4 Å². The van der Waals surface area contributed by atoms with Gasteiger partial charge in [-0.1, -0.05) is 30.3 Å². The Balaban J connectivity index is 1.49. The molecule has 6 N–H and O–H groups in total. The Bertz CT molecular complexity index is 1340. The van der Waals surface area contributed by atoms with Gasteiger partial charge in [-0.25, -0.2) is 15.4 Å². The van der Waals surface area contributed by atoms with E-state index in [-0.39, 0.29) is 18.2 Å². The first kappa shape index (κ1) is 21.7. The fourth-order valence-corrected chi connectivity index (χ4v) is 3.16. The number of carbonyl (C=O) groups is 2. The van der Waals surface area contributed by atoms with Crippen molar-refractivity contribution in [1.82, 2.24) is 20.4 Å². The molecule has 0 saturated carbocycles. The molecule has 0 bridgehead atoms. The zero-order chi connectivity index (χ0) is 23.4. The molecule has 0 aliphatic heterocycles. The van der Waals surface area contributed by atoms with Crippen molar-refractivity contribution in [3.8, 4) is 11.3 Å². The molecule has 1 aromatic carbocycles. The maximum Gasteiger partial charge on any atom is 0.333 e. The number of nitrogens with two attached hydrogens (primary N) is 2. The second-order valence-corrected chi connectivity index (χ2v) is 7.24. The molecule has 0 atom stereocenters. The number of nitrogens with zero attached hydrogens (tertiary/aromatic N) is 3. The number of hydroxylamine groups is 1. The van der Waals surface area contributed by atoms with Gasteiger partial charge in [0.05, 0.1) is 24.2 Å². The monoisotopic (exact) mass is 443 g/mol. The van der Waals surface area contributed by atoms with E-state index in [0.29, 0.717) is 22.2 Å². The molecule has 0 aliphatic carbocycles. The topological polar surface area (TPSA) is 158 Å². The van der Waals surface area contributed by atoms with Crippen molar-refractivity contribution in [2.45, 2.75) is 13.5 Å². The van der Waals surface area contributed by atoms with Crippen LogP contribution in [0.4, 0.5) is 17.3 Å². The summed E-state index contributed by atoms with van der Waals surface area (Å²) >= 11 is 0. The smallest absolute Gasteiger partial charge is 0.333 e. The van der Waals surface area contributed by atoms with Gasteiger partial charge in [-0.3, -0.25) is 19.4 Å². The summed E-state index contributed by atoms with van der Waals surface area (Å²) in [6, 6.07) is 12.6. The van der Waals surface area contributed by atoms with Crippen LogP contribution in [0.3, 0.4) is 0 Å². The Morgan fingerprint density at radius 2 is 1.82 bits per heavy atom. The lowest BCUT2D eigenvalue weighted by Crippen LogP contribution is -2.35. The zero-order valence-corrected chi connectivity index (χ0v) is 17.7. The molecule has 0 fully saturated rings. The summed E-state index contributed by atoms with van der Waals surface area (Å²) in [5.74, 6) is -1.44. The van der Waals surface area contributed by atoms with Gasteiger partial charge in [0.25, 0.3) is 0 Å². The number of fused-ring (bicyclic) bond motifs is 1. The molecule has 166 valence electrons. The first-order valence-electron chi connectivity index (χ1n) is 9.96. The van der Waals surface area contributed by atoms with E-state index < -0.39 is 11.8 Å². The summed E-state index contributed by atoms with van der Waals surface area (Å²) < 4.78 is 0. The molecule has 0 spiro atoms. The molecular weight excluding hydrogens is 422 g/mol. The number of amides is 2. The summed E-state index contributed by atoms with van der Waals surface area (Å²) in [7, 11) is 0. The Morgan fingerprint density at radius 3 is 2.61 bits per heavy atom. The fourth-order valence-electron chi connectivity index (χ4n) is 3.16. The van der Waals surface area contributed by atoms with Gasteiger partial charge in [0.15, 0.2) is 0 Å². The minimum absolute atomic E-state index is 0.126. The van der Waals surface area contributed by atoms with E-state index in [1.165, 1.54) is 6.20 Å². The number of nitrogen functional groups attached to an aromatic ring is 2. The molecular formula is C23H21N7O3. The summed E-state index contributed by atoms with van der Waals surface area (Å²) in [5, 5.41) is 3.72. The Hall–Kier alpha value is -4.57. The number of hydrogen-bond donors (Lipinski definition) is 4.